The zero-order valence-corrected chi connectivity index (χ0v) is 39.7. The van der Waals surface area contributed by atoms with Crippen LogP contribution in [0.4, 0.5) is 68.9 Å². The second kappa shape index (κ2) is 23.3. The third-order valence-electron chi connectivity index (χ3n) is 13.9. The fraction of sp³-hybridized carbons (Fsp3) is 0.711. The predicted molar refractivity (Wildman–Crippen MR) is 237 cm³/mol. The van der Waals surface area contributed by atoms with E-state index in [1.54, 1.807) is 0 Å². The molecule has 6 heterocycles. The van der Waals surface area contributed by atoms with Crippen molar-refractivity contribution in [2.45, 2.75) is 112 Å². The summed E-state index contributed by atoms with van der Waals surface area (Å²) in [7, 11) is 0. The van der Waals surface area contributed by atoms with Gasteiger partial charge in [0.25, 0.3) is 6.10 Å². The molecule has 2 spiro atoms. The monoisotopic (exact) mass is 1060 g/mol. The van der Waals surface area contributed by atoms with Crippen LogP contribution in [0.15, 0.2) is 36.4 Å². The maximum absolute atomic E-state index is 12.8. The van der Waals surface area contributed by atoms with Gasteiger partial charge in [-0.15, -0.1) is 0 Å². The number of alkyl halides is 12. The number of nitrogens with zero attached hydrogens (tertiary/aromatic N) is 5. The first-order chi connectivity index (χ1) is 32.8. The Bertz CT molecular complexity index is 1980. The Morgan fingerprint density at radius 3 is 1.37 bits per heavy atom. The summed E-state index contributed by atoms with van der Waals surface area (Å²) in [4.78, 5) is 22.6. The maximum Gasteiger partial charge on any atom is 0.434 e. The molecule has 0 atom stereocenters. The molecule has 0 radical (unpaired) electrons. The van der Waals surface area contributed by atoms with Gasteiger partial charge in [0, 0.05) is 63.4 Å². The number of anilines is 2. The number of halogens is 14. The minimum atomic E-state index is -5.73. The SMILES string of the molecule is Clc1c(CN2CCCC23CCNCC3)cccc1N1CCOCC1.O=C(OC(C(F)(F)F)C(F)(F)F)N1CCC2(CCCN2Cc2cccc(N3CCOCC3)c2Cl)CC1.OC(C(F)(F)F)C(F)(F)F. The third-order valence-corrected chi connectivity index (χ3v) is 14.8. The van der Waals surface area contributed by atoms with Crippen LogP contribution in [-0.2, 0) is 27.3 Å². The number of benzene rings is 2. The largest absolute Gasteiger partial charge is 0.434 e. The molecule has 0 unspecified atom stereocenters. The molecule has 0 aromatic heterocycles. The van der Waals surface area contributed by atoms with Crippen LogP contribution in [0.3, 0.4) is 0 Å². The number of piperidine rings is 2. The van der Waals surface area contributed by atoms with E-state index in [-0.39, 0.29) is 18.6 Å². The van der Waals surface area contributed by atoms with Crippen molar-refractivity contribution in [3.63, 3.8) is 0 Å². The van der Waals surface area contributed by atoms with E-state index in [0.717, 1.165) is 99.6 Å². The Morgan fingerprint density at radius 1 is 0.600 bits per heavy atom. The lowest BCUT2D eigenvalue weighted by Gasteiger charge is -2.45. The number of nitrogens with one attached hydrogen (secondary N) is 1. The summed E-state index contributed by atoms with van der Waals surface area (Å²) in [5.74, 6) is 0. The number of aliphatic hydroxyl groups excluding tert-OH is 1. The topological polar surface area (TPSA) is 93.2 Å². The van der Waals surface area contributed by atoms with Crippen LogP contribution in [-0.4, -0.2) is 166 Å². The number of aliphatic hydroxyl groups is 1. The molecular weight excluding hydrogens is 1000 g/mol. The van der Waals surface area contributed by atoms with Crippen LogP contribution in [0.2, 0.25) is 10.0 Å². The molecule has 11 nitrogen and oxygen atoms in total. The highest BCUT2D eigenvalue weighted by Crippen LogP contribution is 2.43. The third kappa shape index (κ3) is 14.1. The Labute approximate surface area is 408 Å². The molecule has 2 aromatic rings. The van der Waals surface area contributed by atoms with E-state index >= 15 is 0 Å². The average molecular weight is 1060 g/mol. The van der Waals surface area contributed by atoms with Crippen LogP contribution >= 0.6 is 23.2 Å². The van der Waals surface area contributed by atoms with Crippen LogP contribution in [0, 0.1) is 0 Å². The normalized spacial score (nSPS) is 21.5. The minimum absolute atomic E-state index is 0.0132. The Kier molecular flexibility index (Phi) is 18.7. The summed E-state index contributed by atoms with van der Waals surface area (Å²) < 4.78 is 157. The molecule has 0 aliphatic carbocycles. The van der Waals surface area contributed by atoms with Crippen molar-refractivity contribution in [3.05, 3.63) is 57.6 Å². The molecule has 2 aromatic carbocycles. The number of ether oxygens (including phenoxy) is 3. The quantitative estimate of drug-likeness (QED) is 0.262. The van der Waals surface area contributed by atoms with Gasteiger partial charge in [0.2, 0.25) is 6.10 Å². The molecule has 2 N–H and O–H groups in total. The lowest BCUT2D eigenvalue weighted by Crippen LogP contribution is -2.54. The molecule has 0 saturated carbocycles. The van der Waals surface area contributed by atoms with Gasteiger partial charge in [0.05, 0.1) is 47.8 Å². The minimum Gasteiger partial charge on any atom is -0.426 e. The van der Waals surface area contributed by atoms with Gasteiger partial charge in [0.15, 0.2) is 0 Å². The summed E-state index contributed by atoms with van der Waals surface area (Å²) in [5, 5.41) is 12.6. The molecule has 6 fully saturated rings. The number of carbonyl (C=O) groups is 1. The molecule has 8 rings (SSSR count). The average Bonchev–Trinajstić information content (AvgIpc) is 3.88. The zero-order chi connectivity index (χ0) is 51.1. The van der Waals surface area contributed by atoms with Gasteiger partial charge in [-0.2, -0.15) is 52.7 Å². The van der Waals surface area contributed by atoms with Crippen LogP contribution in [0.5, 0.6) is 0 Å². The van der Waals surface area contributed by atoms with Crippen molar-refractivity contribution in [3.8, 4) is 0 Å². The Morgan fingerprint density at radius 2 is 1.00 bits per heavy atom. The van der Waals surface area contributed by atoms with Crippen LogP contribution in [0.1, 0.15) is 62.5 Å². The number of rotatable bonds is 7. The standard InChI is InChI=1S/C23H28ClF6N3O3.C19H28ClN3O.C3H2F6O/c24-18-16(3-1-4-17(18)31-11-13-35-14-12-31)15-33-8-2-5-21(33)6-9-32(10-7-21)20(34)36-19(22(25,26)27)23(28,29)30;20-18-16(3-1-4-17(18)22-11-13-24-14-12-22)15-23-10-2-5-19(23)6-8-21-9-7-19;4-2(5,6)1(10)3(7,8)9/h1,3-4,19H,2,5-15H2;1,3-4,21H,2,5-15H2;1,10H. The highest BCUT2D eigenvalue weighted by atomic mass is 35.5. The van der Waals surface area contributed by atoms with Crippen LogP contribution < -0.4 is 15.1 Å². The first kappa shape index (κ1) is 56.1. The lowest BCUT2D eigenvalue weighted by molar-refractivity contribution is -0.309. The number of likely N-dealkylation sites (tertiary alicyclic amines) is 3. The van der Waals surface area contributed by atoms with E-state index in [2.05, 4.69) is 47.9 Å². The zero-order valence-electron chi connectivity index (χ0n) is 38.2. The summed E-state index contributed by atoms with van der Waals surface area (Å²) in [6.07, 6.45) is -24.9. The van der Waals surface area contributed by atoms with E-state index in [9.17, 15) is 57.5 Å². The van der Waals surface area contributed by atoms with E-state index < -0.39 is 43.0 Å². The first-order valence-corrected chi connectivity index (χ1v) is 23.9. The second-order valence-corrected chi connectivity index (χ2v) is 19.0. The Hall–Kier alpha value is -3.19. The molecule has 70 heavy (non-hydrogen) atoms. The summed E-state index contributed by atoms with van der Waals surface area (Å²) in [6, 6.07) is 12.4. The van der Waals surface area contributed by atoms with Gasteiger partial charge in [-0.05, 0) is 101 Å². The summed E-state index contributed by atoms with van der Waals surface area (Å²) >= 11 is 13.6. The number of hydrogen-bond acceptors (Lipinski definition) is 10. The van der Waals surface area contributed by atoms with Gasteiger partial charge in [-0.1, -0.05) is 47.5 Å². The molecule has 396 valence electrons. The molecule has 6 aliphatic heterocycles. The lowest BCUT2D eigenvalue weighted by atomic mass is 9.85. The van der Waals surface area contributed by atoms with Crippen LogP contribution in [0.25, 0.3) is 0 Å². The van der Waals surface area contributed by atoms with E-state index in [1.807, 2.05) is 18.2 Å². The molecule has 0 bridgehead atoms. The van der Waals surface area contributed by atoms with Gasteiger partial charge in [-0.3, -0.25) is 9.80 Å². The van der Waals surface area contributed by atoms with E-state index in [0.29, 0.717) is 43.2 Å². The predicted octanol–water partition coefficient (Wildman–Crippen LogP) is 9.60. The van der Waals surface area contributed by atoms with Gasteiger partial charge in [0.1, 0.15) is 0 Å². The first-order valence-electron chi connectivity index (χ1n) is 23.2. The van der Waals surface area contributed by atoms with E-state index in [4.69, 9.17) is 37.8 Å². The number of morpholine rings is 2. The highest BCUT2D eigenvalue weighted by Gasteiger charge is 2.60. The van der Waals surface area contributed by atoms with Crippen molar-refractivity contribution in [2.75, 3.05) is 102 Å². The van der Waals surface area contributed by atoms with Gasteiger partial charge in [-0.25, -0.2) is 4.79 Å². The summed E-state index contributed by atoms with van der Waals surface area (Å²) in [6.45, 7) is 12.1. The van der Waals surface area contributed by atoms with Crippen molar-refractivity contribution in [2.24, 2.45) is 0 Å². The second-order valence-electron chi connectivity index (χ2n) is 18.3. The van der Waals surface area contributed by atoms with Crippen molar-refractivity contribution in [1.29, 1.82) is 0 Å². The van der Waals surface area contributed by atoms with E-state index in [1.165, 1.54) is 43.5 Å². The number of amides is 1. The molecule has 1 amide bonds. The maximum atomic E-state index is 12.8. The molecule has 6 saturated heterocycles. The molecular formula is C45H58Cl2F12N6O5. The highest BCUT2D eigenvalue weighted by molar-refractivity contribution is 6.34. The van der Waals surface area contributed by atoms with Crippen molar-refractivity contribution < 1.29 is 76.8 Å². The van der Waals surface area contributed by atoms with Crippen molar-refractivity contribution in [1.82, 2.24) is 20.0 Å². The molecule has 25 heteroatoms. The summed E-state index contributed by atoms with van der Waals surface area (Å²) in [5.41, 5.74) is 4.44. The number of hydrogen-bond donors (Lipinski definition) is 2. The fourth-order valence-corrected chi connectivity index (χ4v) is 10.8. The Balaban J connectivity index is 0.000000202. The fourth-order valence-electron chi connectivity index (χ4n) is 10.2. The molecule has 6 aliphatic rings. The van der Waals surface area contributed by atoms with Gasteiger partial charge >= 0.3 is 30.8 Å². The number of carbonyl (C=O) groups excluding carboxylic acids is 1. The van der Waals surface area contributed by atoms with Crippen molar-refractivity contribution >= 4 is 40.7 Å². The van der Waals surface area contributed by atoms with Gasteiger partial charge < -0.3 is 39.3 Å². The smallest absolute Gasteiger partial charge is 0.426 e.